The van der Waals surface area contributed by atoms with Gasteiger partial charge in [0.05, 0.1) is 18.1 Å². The molecule has 1 heterocycles. The van der Waals surface area contributed by atoms with E-state index in [1.165, 1.54) is 0 Å². The molecule has 32 heavy (non-hydrogen) atoms. The van der Waals surface area contributed by atoms with Crippen LogP contribution in [0.15, 0.2) is 45.8 Å². The van der Waals surface area contributed by atoms with Crippen LogP contribution in [0.25, 0.3) is 6.08 Å². The normalized spacial score (nSPS) is 14.8. The fraction of sp³-hybridized carbons (Fsp3) is 0.261. The predicted molar refractivity (Wildman–Crippen MR) is 129 cm³/mol. The quantitative estimate of drug-likeness (QED) is 0.481. The highest BCUT2D eigenvalue weighted by Crippen LogP contribution is 2.38. The molecule has 0 bridgehead atoms. The minimum atomic E-state index is -0.516. The van der Waals surface area contributed by atoms with Gasteiger partial charge in [0.2, 0.25) is 5.91 Å². The fourth-order valence-corrected chi connectivity index (χ4v) is 4.22. The third-order valence-corrected chi connectivity index (χ3v) is 6.05. The van der Waals surface area contributed by atoms with Crippen molar-refractivity contribution in [3.05, 3.63) is 56.9 Å². The number of ether oxygens (including phenoxy) is 2. The number of amides is 3. The topological polar surface area (TPSA) is 84.9 Å². The summed E-state index contributed by atoms with van der Waals surface area (Å²) >= 11 is 4.27. The number of nitrogens with zero attached hydrogens (tertiary/aromatic N) is 1. The van der Waals surface area contributed by atoms with Crippen molar-refractivity contribution in [3.8, 4) is 11.5 Å². The lowest BCUT2D eigenvalue weighted by Gasteiger charge is -2.13. The molecule has 0 aromatic heterocycles. The SMILES string of the molecule is CCOc1cc(Br)c(/C=C2\SC(=O)N(CC(=O)Nc3ccc(C)cc3)C2=O)cc1OCC. The maximum Gasteiger partial charge on any atom is 0.294 e. The summed E-state index contributed by atoms with van der Waals surface area (Å²) in [6.45, 7) is 6.26. The number of aryl methyl sites for hydroxylation is 1. The number of benzene rings is 2. The van der Waals surface area contributed by atoms with Gasteiger partial charge in [0.1, 0.15) is 6.54 Å². The van der Waals surface area contributed by atoms with E-state index >= 15 is 0 Å². The molecular formula is C23H23BrN2O5S. The summed E-state index contributed by atoms with van der Waals surface area (Å²) in [5, 5.41) is 2.21. The van der Waals surface area contributed by atoms with Gasteiger partial charge in [0.15, 0.2) is 11.5 Å². The van der Waals surface area contributed by atoms with Gasteiger partial charge in [-0.1, -0.05) is 33.6 Å². The lowest BCUT2D eigenvalue weighted by molar-refractivity contribution is -0.127. The first kappa shape index (κ1) is 23.9. The summed E-state index contributed by atoms with van der Waals surface area (Å²) in [5.74, 6) is 0.163. The van der Waals surface area contributed by atoms with Crippen LogP contribution in [-0.2, 0) is 9.59 Å². The Morgan fingerprint density at radius 2 is 1.72 bits per heavy atom. The summed E-state index contributed by atoms with van der Waals surface area (Å²) in [6, 6.07) is 10.8. The summed E-state index contributed by atoms with van der Waals surface area (Å²) in [7, 11) is 0. The molecule has 0 atom stereocenters. The molecule has 3 amide bonds. The second-order valence-corrected chi connectivity index (χ2v) is 8.72. The lowest BCUT2D eigenvalue weighted by Crippen LogP contribution is -2.36. The molecule has 2 aromatic rings. The van der Waals surface area contributed by atoms with E-state index in [9.17, 15) is 14.4 Å². The first-order valence-corrected chi connectivity index (χ1v) is 11.6. The number of nitrogens with one attached hydrogen (secondary N) is 1. The zero-order chi connectivity index (χ0) is 23.3. The highest BCUT2D eigenvalue weighted by molar-refractivity contribution is 9.10. The second kappa shape index (κ2) is 10.7. The Bertz CT molecular complexity index is 1070. The van der Waals surface area contributed by atoms with Crippen LogP contribution >= 0.6 is 27.7 Å². The Labute approximate surface area is 199 Å². The number of hydrogen-bond donors (Lipinski definition) is 1. The monoisotopic (exact) mass is 518 g/mol. The van der Waals surface area contributed by atoms with Gasteiger partial charge in [-0.25, -0.2) is 0 Å². The summed E-state index contributed by atoms with van der Waals surface area (Å²) in [6.07, 6.45) is 1.60. The Morgan fingerprint density at radius 3 is 2.34 bits per heavy atom. The van der Waals surface area contributed by atoms with Gasteiger partial charge < -0.3 is 14.8 Å². The number of halogens is 1. The molecule has 7 nitrogen and oxygen atoms in total. The third-order valence-electron chi connectivity index (χ3n) is 4.46. The highest BCUT2D eigenvalue weighted by Gasteiger charge is 2.36. The van der Waals surface area contributed by atoms with Gasteiger partial charge >= 0.3 is 0 Å². The molecule has 1 N–H and O–H groups in total. The minimum Gasteiger partial charge on any atom is -0.490 e. The van der Waals surface area contributed by atoms with Gasteiger partial charge in [-0.3, -0.25) is 19.3 Å². The average Bonchev–Trinajstić information content (AvgIpc) is 3.00. The average molecular weight is 519 g/mol. The van der Waals surface area contributed by atoms with Crippen LogP contribution in [0, 0.1) is 6.92 Å². The van der Waals surface area contributed by atoms with E-state index in [0.717, 1.165) is 22.2 Å². The van der Waals surface area contributed by atoms with E-state index in [1.807, 2.05) is 32.9 Å². The number of imide groups is 1. The van der Waals surface area contributed by atoms with Crippen molar-refractivity contribution < 1.29 is 23.9 Å². The fourth-order valence-electron chi connectivity index (χ4n) is 2.96. The van der Waals surface area contributed by atoms with Gasteiger partial charge in [0, 0.05) is 10.2 Å². The number of rotatable bonds is 8. The molecule has 2 aromatic carbocycles. The number of anilines is 1. The molecule has 0 radical (unpaired) electrons. The summed E-state index contributed by atoms with van der Waals surface area (Å²) in [5.41, 5.74) is 2.32. The molecule has 168 valence electrons. The van der Waals surface area contributed by atoms with Crippen LogP contribution in [0.1, 0.15) is 25.0 Å². The van der Waals surface area contributed by atoms with Gasteiger partial charge in [-0.2, -0.15) is 0 Å². The standard InChI is InChI=1S/C23H23BrN2O5S/c1-4-30-18-10-15(17(24)12-19(18)31-5-2)11-20-22(28)26(23(29)32-20)13-21(27)25-16-8-6-14(3)7-9-16/h6-12H,4-5,13H2,1-3H3,(H,25,27)/b20-11-. The molecule has 9 heteroatoms. The predicted octanol–water partition coefficient (Wildman–Crippen LogP) is 5.23. The molecular weight excluding hydrogens is 496 g/mol. The van der Waals surface area contributed by atoms with Crippen molar-refractivity contribution in [2.45, 2.75) is 20.8 Å². The zero-order valence-corrected chi connectivity index (χ0v) is 20.3. The maximum atomic E-state index is 12.8. The molecule has 1 fully saturated rings. The molecule has 1 aliphatic rings. The first-order chi connectivity index (χ1) is 15.3. The lowest BCUT2D eigenvalue weighted by atomic mass is 10.2. The third kappa shape index (κ3) is 5.72. The summed E-state index contributed by atoms with van der Waals surface area (Å²) < 4.78 is 11.9. The Morgan fingerprint density at radius 1 is 1.09 bits per heavy atom. The number of carbonyl (C=O) groups excluding carboxylic acids is 3. The van der Waals surface area contributed by atoms with E-state index in [1.54, 1.807) is 30.3 Å². The molecule has 0 saturated carbocycles. The van der Waals surface area contributed by atoms with Crippen LogP contribution < -0.4 is 14.8 Å². The van der Waals surface area contributed by atoms with Gasteiger partial charge in [-0.15, -0.1) is 0 Å². The van der Waals surface area contributed by atoms with E-state index in [-0.39, 0.29) is 11.4 Å². The maximum absolute atomic E-state index is 12.8. The molecule has 0 unspecified atom stereocenters. The minimum absolute atomic E-state index is 0.227. The number of hydrogen-bond acceptors (Lipinski definition) is 6. The van der Waals surface area contributed by atoms with Gasteiger partial charge in [0.25, 0.3) is 11.1 Å². The molecule has 0 aliphatic carbocycles. The van der Waals surface area contributed by atoms with E-state index in [4.69, 9.17) is 9.47 Å². The Hall–Kier alpha value is -2.78. The van der Waals surface area contributed by atoms with E-state index in [0.29, 0.717) is 40.4 Å². The Kier molecular flexibility index (Phi) is 7.98. The second-order valence-electron chi connectivity index (χ2n) is 6.87. The van der Waals surface area contributed by atoms with Crippen LogP contribution in [0.4, 0.5) is 10.5 Å². The van der Waals surface area contributed by atoms with Crippen molar-refractivity contribution in [3.63, 3.8) is 0 Å². The largest absolute Gasteiger partial charge is 0.490 e. The Balaban J connectivity index is 1.76. The van der Waals surface area contributed by atoms with Crippen molar-refractivity contribution >= 4 is 56.5 Å². The molecule has 1 aliphatic heterocycles. The van der Waals surface area contributed by atoms with Crippen LogP contribution in [-0.4, -0.2) is 41.7 Å². The number of carbonyl (C=O) groups is 3. The molecule has 3 rings (SSSR count). The summed E-state index contributed by atoms with van der Waals surface area (Å²) in [4.78, 5) is 38.7. The van der Waals surface area contributed by atoms with Crippen molar-refractivity contribution in [2.24, 2.45) is 0 Å². The molecule has 0 spiro atoms. The first-order valence-electron chi connectivity index (χ1n) is 10.0. The smallest absolute Gasteiger partial charge is 0.294 e. The van der Waals surface area contributed by atoms with Crippen molar-refractivity contribution in [1.82, 2.24) is 4.90 Å². The van der Waals surface area contributed by atoms with Crippen LogP contribution in [0.2, 0.25) is 0 Å². The van der Waals surface area contributed by atoms with E-state index in [2.05, 4.69) is 21.2 Å². The van der Waals surface area contributed by atoms with Gasteiger partial charge in [-0.05, 0) is 68.4 Å². The zero-order valence-electron chi connectivity index (χ0n) is 17.9. The molecule has 1 saturated heterocycles. The van der Waals surface area contributed by atoms with E-state index < -0.39 is 17.1 Å². The van der Waals surface area contributed by atoms with Crippen molar-refractivity contribution in [1.29, 1.82) is 0 Å². The highest BCUT2D eigenvalue weighted by atomic mass is 79.9. The van der Waals surface area contributed by atoms with Crippen LogP contribution in [0.5, 0.6) is 11.5 Å². The van der Waals surface area contributed by atoms with Crippen LogP contribution in [0.3, 0.4) is 0 Å². The number of thioether (sulfide) groups is 1. The van der Waals surface area contributed by atoms with Crippen molar-refractivity contribution in [2.75, 3.05) is 25.1 Å².